The van der Waals surface area contributed by atoms with Crippen LogP contribution in [0.3, 0.4) is 0 Å². The van der Waals surface area contributed by atoms with Gasteiger partial charge in [-0.25, -0.2) is 4.39 Å². The Bertz CT molecular complexity index is 452. The summed E-state index contributed by atoms with van der Waals surface area (Å²) in [5, 5.41) is 2.68. The minimum atomic E-state index is -0.468. The number of methoxy groups -OCH3 is 1. The number of rotatable bonds is 6. The van der Waals surface area contributed by atoms with Crippen LogP contribution in [-0.4, -0.2) is 32.7 Å². The minimum Gasteiger partial charge on any atom is -0.495 e. The summed E-state index contributed by atoms with van der Waals surface area (Å²) in [6, 6.07) is 2.71. The number of hydrogen-bond donors (Lipinski definition) is 2. The van der Waals surface area contributed by atoms with Gasteiger partial charge in [0.1, 0.15) is 11.6 Å². The van der Waals surface area contributed by atoms with Crippen molar-refractivity contribution >= 4 is 17.3 Å². The van der Waals surface area contributed by atoms with Gasteiger partial charge in [-0.2, -0.15) is 0 Å². The summed E-state index contributed by atoms with van der Waals surface area (Å²) in [5.41, 5.74) is 6.17. The van der Waals surface area contributed by atoms with Gasteiger partial charge in [0, 0.05) is 25.2 Å². The number of hydrogen-bond acceptors (Lipinski definition) is 4. The molecule has 0 heterocycles. The highest BCUT2D eigenvalue weighted by Crippen LogP contribution is 2.30. The van der Waals surface area contributed by atoms with Crippen LogP contribution in [0.4, 0.5) is 15.8 Å². The van der Waals surface area contributed by atoms with E-state index < -0.39 is 5.82 Å². The smallest absolute Gasteiger partial charge is 0.239 e. The molecule has 0 radical (unpaired) electrons. The van der Waals surface area contributed by atoms with Crippen LogP contribution >= 0.6 is 0 Å². The Balaban J connectivity index is 3.00. The summed E-state index contributed by atoms with van der Waals surface area (Å²) in [4.78, 5) is 13.2. The first-order valence-corrected chi connectivity index (χ1v) is 6.18. The maximum Gasteiger partial charge on any atom is 0.239 e. The second-order valence-electron chi connectivity index (χ2n) is 4.01. The van der Waals surface area contributed by atoms with Gasteiger partial charge < -0.3 is 20.7 Å². The molecule has 19 heavy (non-hydrogen) atoms. The zero-order valence-electron chi connectivity index (χ0n) is 11.5. The van der Waals surface area contributed by atoms with Crippen molar-refractivity contribution in [2.75, 3.05) is 37.4 Å². The third kappa shape index (κ3) is 3.74. The first-order chi connectivity index (χ1) is 9.03. The van der Waals surface area contributed by atoms with Gasteiger partial charge in [-0.15, -0.1) is 0 Å². The lowest BCUT2D eigenvalue weighted by atomic mass is 10.2. The molecule has 0 aliphatic carbocycles. The normalized spacial score (nSPS) is 10.1. The topological polar surface area (TPSA) is 67.6 Å². The van der Waals surface area contributed by atoms with Crippen molar-refractivity contribution in [1.29, 1.82) is 0 Å². The molecule has 5 nitrogen and oxygen atoms in total. The maximum atomic E-state index is 13.9. The molecule has 0 saturated carbocycles. The van der Waals surface area contributed by atoms with Crippen LogP contribution in [0.5, 0.6) is 5.75 Å². The average molecular weight is 269 g/mol. The number of carbonyl (C=O) groups excluding carboxylic acids is 1. The van der Waals surface area contributed by atoms with Crippen molar-refractivity contribution in [2.24, 2.45) is 0 Å². The zero-order valence-corrected chi connectivity index (χ0v) is 11.5. The fourth-order valence-electron chi connectivity index (χ4n) is 1.77. The van der Waals surface area contributed by atoms with Crippen LogP contribution in [0.15, 0.2) is 12.1 Å². The molecule has 0 saturated heterocycles. The molecule has 0 aromatic heterocycles. The van der Waals surface area contributed by atoms with Gasteiger partial charge in [0.05, 0.1) is 25.0 Å². The third-order valence-electron chi connectivity index (χ3n) is 2.73. The van der Waals surface area contributed by atoms with Crippen LogP contribution in [-0.2, 0) is 4.79 Å². The van der Waals surface area contributed by atoms with Gasteiger partial charge in [0.2, 0.25) is 5.91 Å². The number of anilines is 2. The zero-order chi connectivity index (χ0) is 14.4. The number of nitrogens with zero attached hydrogens (tertiary/aromatic N) is 1. The fraction of sp³-hybridized carbons (Fsp3) is 0.462. The van der Waals surface area contributed by atoms with Gasteiger partial charge in [-0.3, -0.25) is 4.79 Å². The number of nitrogen functional groups attached to an aromatic ring is 1. The molecular weight excluding hydrogens is 249 g/mol. The van der Waals surface area contributed by atoms with E-state index in [0.717, 1.165) is 0 Å². The molecule has 0 aliphatic rings. The van der Waals surface area contributed by atoms with Crippen molar-refractivity contribution in [3.05, 3.63) is 17.9 Å². The molecule has 0 atom stereocenters. The minimum absolute atomic E-state index is 0.0916. The number of likely N-dealkylation sites (N-methyl/N-ethyl adjacent to an activating group) is 2. The van der Waals surface area contributed by atoms with Gasteiger partial charge in [-0.05, 0) is 13.8 Å². The van der Waals surface area contributed by atoms with Crippen LogP contribution in [0.1, 0.15) is 13.8 Å². The lowest BCUT2D eigenvalue weighted by Gasteiger charge is -2.23. The summed E-state index contributed by atoms with van der Waals surface area (Å²) in [6.45, 7) is 4.82. The summed E-state index contributed by atoms with van der Waals surface area (Å²) >= 11 is 0. The SMILES string of the molecule is CCNC(=O)CN(CC)c1cc(OC)c(N)cc1F. The Morgan fingerprint density at radius 3 is 2.68 bits per heavy atom. The first-order valence-electron chi connectivity index (χ1n) is 6.18. The molecule has 0 spiro atoms. The van der Waals surface area contributed by atoms with Crippen LogP contribution in [0.2, 0.25) is 0 Å². The summed E-state index contributed by atoms with van der Waals surface area (Å²) in [7, 11) is 1.47. The molecular formula is C13H20FN3O2. The molecule has 1 amide bonds. The lowest BCUT2D eigenvalue weighted by molar-refractivity contribution is -0.119. The standard InChI is InChI=1S/C13H20FN3O2/c1-4-16-13(18)8-17(5-2)11-7-12(19-3)10(15)6-9(11)14/h6-7H,4-5,8,15H2,1-3H3,(H,16,18). The predicted molar refractivity (Wildman–Crippen MR) is 73.9 cm³/mol. The first kappa shape index (κ1) is 15.1. The monoisotopic (exact) mass is 269 g/mol. The average Bonchev–Trinajstić information content (AvgIpc) is 2.37. The number of nitrogens with two attached hydrogens (primary N) is 1. The molecule has 3 N–H and O–H groups in total. The predicted octanol–water partition coefficient (Wildman–Crippen LogP) is 1.38. The highest BCUT2D eigenvalue weighted by atomic mass is 19.1. The van der Waals surface area contributed by atoms with Gasteiger partial charge in [0.15, 0.2) is 0 Å². The molecule has 0 unspecified atom stereocenters. The van der Waals surface area contributed by atoms with Gasteiger partial charge in [0.25, 0.3) is 0 Å². The van der Waals surface area contributed by atoms with E-state index in [4.69, 9.17) is 10.5 Å². The van der Waals surface area contributed by atoms with E-state index in [1.807, 2.05) is 13.8 Å². The molecule has 0 bridgehead atoms. The molecule has 0 fully saturated rings. The second kappa shape index (κ2) is 6.82. The molecule has 0 aliphatic heterocycles. The third-order valence-corrected chi connectivity index (χ3v) is 2.73. The van der Waals surface area contributed by atoms with E-state index in [1.165, 1.54) is 19.2 Å². The highest BCUT2D eigenvalue weighted by Gasteiger charge is 2.16. The molecule has 1 aromatic rings. The Labute approximate surface area is 112 Å². The summed E-state index contributed by atoms with van der Waals surface area (Å²) in [6.07, 6.45) is 0. The highest BCUT2D eigenvalue weighted by molar-refractivity contribution is 5.81. The van der Waals surface area contributed by atoms with Crippen LogP contribution in [0.25, 0.3) is 0 Å². The maximum absolute atomic E-state index is 13.9. The second-order valence-corrected chi connectivity index (χ2v) is 4.01. The van der Waals surface area contributed by atoms with E-state index in [-0.39, 0.29) is 18.1 Å². The van der Waals surface area contributed by atoms with Crippen molar-refractivity contribution in [1.82, 2.24) is 5.32 Å². The summed E-state index contributed by atoms with van der Waals surface area (Å²) in [5.74, 6) is -0.227. The largest absolute Gasteiger partial charge is 0.495 e. The number of benzene rings is 1. The van der Waals surface area contributed by atoms with Crippen molar-refractivity contribution in [2.45, 2.75) is 13.8 Å². The molecule has 106 valence electrons. The number of carbonyl (C=O) groups is 1. The number of ether oxygens (including phenoxy) is 1. The number of nitrogens with one attached hydrogen (secondary N) is 1. The van der Waals surface area contributed by atoms with Gasteiger partial charge in [-0.1, -0.05) is 0 Å². The van der Waals surface area contributed by atoms with E-state index in [0.29, 0.717) is 24.5 Å². The van der Waals surface area contributed by atoms with E-state index in [9.17, 15) is 9.18 Å². The summed E-state index contributed by atoms with van der Waals surface area (Å²) < 4.78 is 19.0. The number of halogens is 1. The van der Waals surface area contributed by atoms with Crippen molar-refractivity contribution in [3.63, 3.8) is 0 Å². The molecule has 1 rings (SSSR count). The van der Waals surface area contributed by atoms with Gasteiger partial charge >= 0.3 is 0 Å². The number of amides is 1. The quantitative estimate of drug-likeness (QED) is 0.766. The van der Waals surface area contributed by atoms with E-state index >= 15 is 0 Å². The van der Waals surface area contributed by atoms with Crippen molar-refractivity contribution in [3.8, 4) is 5.75 Å². The lowest BCUT2D eigenvalue weighted by Crippen LogP contribution is -2.37. The fourth-order valence-corrected chi connectivity index (χ4v) is 1.77. The Morgan fingerprint density at radius 1 is 1.47 bits per heavy atom. The Hall–Kier alpha value is -1.98. The van der Waals surface area contributed by atoms with E-state index in [2.05, 4.69) is 5.32 Å². The Morgan fingerprint density at radius 2 is 2.16 bits per heavy atom. The van der Waals surface area contributed by atoms with Crippen LogP contribution in [0, 0.1) is 5.82 Å². The van der Waals surface area contributed by atoms with Crippen LogP contribution < -0.4 is 20.7 Å². The molecule has 6 heteroatoms. The molecule has 1 aromatic carbocycles. The van der Waals surface area contributed by atoms with Crippen molar-refractivity contribution < 1.29 is 13.9 Å². The Kier molecular flexibility index (Phi) is 5.41. The van der Waals surface area contributed by atoms with E-state index in [1.54, 1.807) is 4.90 Å².